The number of likely N-dealkylation sites (N-methyl/N-ethyl adjacent to an activating group) is 1. The Morgan fingerprint density at radius 3 is 2.88 bits per heavy atom. The Labute approximate surface area is 101 Å². The van der Waals surface area contributed by atoms with Gasteiger partial charge in [0.2, 0.25) is 5.28 Å². The van der Waals surface area contributed by atoms with Crippen molar-refractivity contribution in [2.45, 2.75) is 19.4 Å². The van der Waals surface area contributed by atoms with Gasteiger partial charge in [-0.1, -0.05) is 0 Å². The first-order valence-corrected chi connectivity index (χ1v) is 5.86. The van der Waals surface area contributed by atoms with Crippen LogP contribution in [0.5, 0.6) is 0 Å². The van der Waals surface area contributed by atoms with Gasteiger partial charge in [0.15, 0.2) is 0 Å². The molecule has 1 aromatic heterocycles. The summed E-state index contributed by atoms with van der Waals surface area (Å²) in [4.78, 5) is 12.8. The molecule has 0 aromatic carbocycles. The van der Waals surface area contributed by atoms with Gasteiger partial charge in [-0.2, -0.15) is 0 Å². The fourth-order valence-electron chi connectivity index (χ4n) is 2.09. The van der Waals surface area contributed by atoms with Crippen molar-refractivity contribution in [3.05, 3.63) is 17.0 Å². The van der Waals surface area contributed by atoms with Crippen molar-refractivity contribution in [2.24, 2.45) is 0 Å². The fraction of sp³-hybridized carbons (Fsp3) is 0.636. The molecule has 2 rings (SSSR count). The van der Waals surface area contributed by atoms with E-state index in [4.69, 9.17) is 11.6 Å². The van der Waals surface area contributed by atoms with Gasteiger partial charge in [-0.15, -0.1) is 0 Å². The number of hydrogen-bond donors (Lipinski definition) is 0. The standard InChI is InChI=1S/C11H17ClN4/c1-8-6-13-11(12)14-10(8)16-5-4-9(7-16)15(2)3/h6,9H,4-5,7H2,1-3H3. The monoisotopic (exact) mass is 240 g/mol. The smallest absolute Gasteiger partial charge is 0.224 e. The second kappa shape index (κ2) is 4.55. The summed E-state index contributed by atoms with van der Waals surface area (Å²) in [5.41, 5.74) is 1.09. The van der Waals surface area contributed by atoms with Crippen LogP contribution in [0.4, 0.5) is 5.82 Å². The van der Waals surface area contributed by atoms with E-state index in [0.29, 0.717) is 11.3 Å². The molecule has 0 aliphatic carbocycles. The highest BCUT2D eigenvalue weighted by molar-refractivity contribution is 6.28. The molecule has 1 atom stereocenters. The SMILES string of the molecule is Cc1cnc(Cl)nc1N1CCC(N(C)C)C1. The number of nitrogens with zero attached hydrogens (tertiary/aromatic N) is 4. The van der Waals surface area contributed by atoms with Crippen LogP contribution >= 0.6 is 11.6 Å². The number of anilines is 1. The van der Waals surface area contributed by atoms with Gasteiger partial charge in [0.25, 0.3) is 0 Å². The molecule has 0 spiro atoms. The second-order valence-electron chi connectivity index (χ2n) is 4.50. The van der Waals surface area contributed by atoms with Crippen LogP contribution < -0.4 is 4.90 Å². The summed E-state index contributed by atoms with van der Waals surface area (Å²) in [6.45, 7) is 4.08. The number of aryl methyl sites for hydroxylation is 1. The van der Waals surface area contributed by atoms with Gasteiger partial charge in [0, 0.05) is 30.9 Å². The average molecular weight is 241 g/mol. The molecule has 1 fully saturated rings. The highest BCUT2D eigenvalue weighted by Gasteiger charge is 2.25. The number of halogens is 1. The van der Waals surface area contributed by atoms with E-state index in [1.165, 1.54) is 6.42 Å². The zero-order chi connectivity index (χ0) is 11.7. The van der Waals surface area contributed by atoms with Crippen LogP contribution in [-0.2, 0) is 0 Å². The van der Waals surface area contributed by atoms with E-state index in [1.807, 2.05) is 6.92 Å². The van der Waals surface area contributed by atoms with Crippen molar-refractivity contribution in [3.8, 4) is 0 Å². The number of hydrogen-bond acceptors (Lipinski definition) is 4. The van der Waals surface area contributed by atoms with E-state index in [1.54, 1.807) is 6.20 Å². The first kappa shape index (κ1) is 11.6. The third-order valence-electron chi connectivity index (χ3n) is 3.11. The normalized spacial score (nSPS) is 20.8. The van der Waals surface area contributed by atoms with Gasteiger partial charge < -0.3 is 9.80 Å². The number of rotatable bonds is 2. The molecule has 0 saturated carbocycles. The molecule has 1 aliphatic rings. The maximum atomic E-state index is 5.83. The van der Waals surface area contributed by atoms with Crippen LogP contribution in [0.15, 0.2) is 6.20 Å². The maximum Gasteiger partial charge on any atom is 0.224 e. The zero-order valence-corrected chi connectivity index (χ0v) is 10.7. The van der Waals surface area contributed by atoms with Gasteiger partial charge in [-0.05, 0) is 39.0 Å². The lowest BCUT2D eigenvalue weighted by molar-refractivity contribution is 0.315. The van der Waals surface area contributed by atoms with Crippen LogP contribution in [-0.4, -0.2) is 48.1 Å². The molecule has 1 unspecified atom stereocenters. The molecular formula is C11H17ClN4. The Balaban J connectivity index is 2.17. The van der Waals surface area contributed by atoms with E-state index in [9.17, 15) is 0 Å². The molecular weight excluding hydrogens is 224 g/mol. The van der Waals surface area contributed by atoms with Gasteiger partial charge in [-0.3, -0.25) is 0 Å². The summed E-state index contributed by atoms with van der Waals surface area (Å²) in [6, 6.07) is 0.605. The molecule has 1 saturated heterocycles. The molecule has 2 heterocycles. The van der Waals surface area contributed by atoms with E-state index in [2.05, 4.69) is 33.9 Å². The van der Waals surface area contributed by atoms with Crippen molar-refractivity contribution in [2.75, 3.05) is 32.1 Å². The lowest BCUT2D eigenvalue weighted by atomic mass is 10.2. The molecule has 0 bridgehead atoms. The molecule has 4 nitrogen and oxygen atoms in total. The Kier molecular flexibility index (Phi) is 3.30. The lowest BCUT2D eigenvalue weighted by Gasteiger charge is -2.22. The molecule has 1 aromatic rings. The maximum absolute atomic E-state index is 5.83. The minimum absolute atomic E-state index is 0.328. The Bertz CT molecular complexity index is 380. The predicted molar refractivity (Wildman–Crippen MR) is 66.1 cm³/mol. The van der Waals surface area contributed by atoms with Crippen molar-refractivity contribution in [3.63, 3.8) is 0 Å². The highest BCUT2D eigenvalue weighted by Crippen LogP contribution is 2.23. The highest BCUT2D eigenvalue weighted by atomic mass is 35.5. The first-order chi connectivity index (χ1) is 7.58. The Morgan fingerprint density at radius 2 is 2.25 bits per heavy atom. The van der Waals surface area contributed by atoms with E-state index in [0.717, 1.165) is 24.5 Å². The largest absolute Gasteiger partial charge is 0.355 e. The van der Waals surface area contributed by atoms with Crippen LogP contribution in [0.2, 0.25) is 5.28 Å². The zero-order valence-electron chi connectivity index (χ0n) is 9.94. The quantitative estimate of drug-likeness (QED) is 0.735. The summed E-state index contributed by atoms with van der Waals surface area (Å²) < 4.78 is 0. The van der Waals surface area contributed by atoms with Crippen LogP contribution in [0, 0.1) is 6.92 Å². The summed E-state index contributed by atoms with van der Waals surface area (Å²) in [5, 5.41) is 0.328. The van der Waals surface area contributed by atoms with E-state index in [-0.39, 0.29) is 0 Å². The molecule has 16 heavy (non-hydrogen) atoms. The summed E-state index contributed by atoms with van der Waals surface area (Å²) >= 11 is 5.83. The summed E-state index contributed by atoms with van der Waals surface area (Å²) in [7, 11) is 4.24. The molecule has 0 radical (unpaired) electrons. The molecule has 5 heteroatoms. The lowest BCUT2D eigenvalue weighted by Crippen LogP contribution is -2.32. The Morgan fingerprint density at radius 1 is 1.50 bits per heavy atom. The second-order valence-corrected chi connectivity index (χ2v) is 4.84. The van der Waals surface area contributed by atoms with Crippen LogP contribution in [0.25, 0.3) is 0 Å². The fourth-order valence-corrected chi connectivity index (χ4v) is 2.22. The molecule has 1 aliphatic heterocycles. The van der Waals surface area contributed by atoms with Crippen molar-refractivity contribution in [1.29, 1.82) is 0 Å². The van der Waals surface area contributed by atoms with Crippen molar-refractivity contribution < 1.29 is 0 Å². The predicted octanol–water partition coefficient (Wildman–Crippen LogP) is 1.58. The van der Waals surface area contributed by atoms with Crippen LogP contribution in [0.1, 0.15) is 12.0 Å². The first-order valence-electron chi connectivity index (χ1n) is 5.48. The minimum atomic E-state index is 0.328. The number of aromatic nitrogens is 2. The van der Waals surface area contributed by atoms with Crippen LogP contribution in [0.3, 0.4) is 0 Å². The minimum Gasteiger partial charge on any atom is -0.355 e. The third kappa shape index (κ3) is 2.28. The van der Waals surface area contributed by atoms with Gasteiger partial charge in [0.05, 0.1) is 0 Å². The molecule has 88 valence electrons. The summed E-state index contributed by atoms with van der Waals surface area (Å²) in [6.07, 6.45) is 2.96. The molecule has 0 amide bonds. The Hall–Kier alpha value is -0.870. The van der Waals surface area contributed by atoms with Gasteiger partial charge >= 0.3 is 0 Å². The van der Waals surface area contributed by atoms with E-state index < -0.39 is 0 Å². The van der Waals surface area contributed by atoms with Gasteiger partial charge in [0.1, 0.15) is 5.82 Å². The van der Waals surface area contributed by atoms with E-state index >= 15 is 0 Å². The topological polar surface area (TPSA) is 32.3 Å². The molecule has 0 N–H and O–H groups in total. The van der Waals surface area contributed by atoms with Crippen molar-refractivity contribution >= 4 is 17.4 Å². The third-order valence-corrected chi connectivity index (χ3v) is 3.29. The van der Waals surface area contributed by atoms with Gasteiger partial charge in [-0.25, -0.2) is 9.97 Å². The average Bonchev–Trinajstić information content (AvgIpc) is 2.70. The van der Waals surface area contributed by atoms with Crippen molar-refractivity contribution in [1.82, 2.24) is 14.9 Å². The summed E-state index contributed by atoms with van der Waals surface area (Å²) in [5.74, 6) is 0.976.